The fourth-order valence-corrected chi connectivity index (χ4v) is 3.93. The van der Waals surface area contributed by atoms with Gasteiger partial charge < -0.3 is 25.0 Å². The van der Waals surface area contributed by atoms with E-state index < -0.39 is 11.6 Å². The van der Waals surface area contributed by atoms with Gasteiger partial charge in [-0.05, 0) is 56.9 Å². The van der Waals surface area contributed by atoms with Crippen molar-refractivity contribution in [2.24, 2.45) is 4.99 Å². The van der Waals surface area contributed by atoms with Gasteiger partial charge in [-0.25, -0.2) is 4.99 Å². The van der Waals surface area contributed by atoms with Crippen molar-refractivity contribution >= 4 is 11.8 Å². The molecule has 1 aromatic rings. The van der Waals surface area contributed by atoms with Gasteiger partial charge in [-0.15, -0.1) is 6.58 Å². The number of aliphatic imine (C=N–C) groups is 1. The summed E-state index contributed by atoms with van der Waals surface area (Å²) in [4.78, 5) is 18.0. The fourth-order valence-electron chi connectivity index (χ4n) is 3.93. The second-order valence-electron chi connectivity index (χ2n) is 8.02. The lowest BCUT2D eigenvalue weighted by molar-refractivity contribution is -0.129. The van der Waals surface area contributed by atoms with Crippen LogP contribution in [0.5, 0.6) is 5.75 Å². The molecule has 0 bridgehead atoms. The molecule has 7 nitrogen and oxygen atoms in total. The molecule has 0 unspecified atom stereocenters. The Hall–Kier alpha value is -2.38. The number of benzene rings is 1. The third-order valence-corrected chi connectivity index (χ3v) is 5.82. The first kappa shape index (κ1) is 22.3. The van der Waals surface area contributed by atoms with Gasteiger partial charge in [-0.1, -0.05) is 6.08 Å². The highest BCUT2D eigenvalue weighted by Gasteiger charge is 2.49. The van der Waals surface area contributed by atoms with E-state index in [1.54, 1.807) is 6.08 Å². The number of carbonyl (C=O) groups is 1. The van der Waals surface area contributed by atoms with Crippen LogP contribution in [0, 0.1) is 0 Å². The Morgan fingerprint density at radius 1 is 1.33 bits per heavy atom. The Balaban J connectivity index is 1.74. The Labute approximate surface area is 177 Å². The summed E-state index contributed by atoms with van der Waals surface area (Å²) < 4.78 is 11.6. The van der Waals surface area contributed by atoms with E-state index in [1.807, 2.05) is 31.2 Å². The molecule has 1 heterocycles. The Bertz CT molecular complexity index is 755. The number of hydrogen-bond acceptors (Lipinski definition) is 6. The number of nitrogens with one attached hydrogen (secondary N) is 1. The third kappa shape index (κ3) is 5.02. The summed E-state index contributed by atoms with van der Waals surface area (Å²) in [6.45, 7) is 6.22. The minimum Gasteiger partial charge on any atom is -0.494 e. The standard InChI is InChI=1S/C23H32N2O5/c1-3-13-23(22(28)24-18-7-9-19(27)10-8-18)16(2)30-21(25-23)17-5-11-20(12-6-17)29-15-4-14-26/h3,5-6,11-12,16,18-19,26-27H,1,4,7-10,13-15H2,2H3,(H,24,28)/t16-,18?,19?,23-/m1/s1. The molecule has 3 N–H and O–H groups in total. The van der Waals surface area contributed by atoms with E-state index in [0.29, 0.717) is 43.9 Å². The van der Waals surface area contributed by atoms with E-state index in [-0.39, 0.29) is 24.7 Å². The van der Waals surface area contributed by atoms with Crippen molar-refractivity contribution in [3.05, 3.63) is 42.5 Å². The summed E-state index contributed by atoms with van der Waals surface area (Å²) in [5, 5.41) is 21.7. The van der Waals surface area contributed by atoms with Gasteiger partial charge in [0.2, 0.25) is 5.90 Å². The maximum atomic E-state index is 13.2. The van der Waals surface area contributed by atoms with Crippen LogP contribution in [0.15, 0.2) is 41.9 Å². The molecule has 1 aromatic carbocycles. The first-order chi connectivity index (χ1) is 14.5. The topological polar surface area (TPSA) is 100 Å². The van der Waals surface area contributed by atoms with Gasteiger partial charge in [0.25, 0.3) is 5.91 Å². The molecular formula is C23H32N2O5. The predicted molar refractivity (Wildman–Crippen MR) is 115 cm³/mol. The number of aliphatic hydroxyl groups is 2. The Kier molecular flexibility index (Phi) is 7.50. The summed E-state index contributed by atoms with van der Waals surface area (Å²) >= 11 is 0. The van der Waals surface area contributed by atoms with Crippen molar-refractivity contribution in [2.75, 3.05) is 13.2 Å². The Morgan fingerprint density at radius 3 is 2.67 bits per heavy atom. The summed E-state index contributed by atoms with van der Waals surface area (Å²) in [6.07, 6.45) is 4.89. The van der Waals surface area contributed by atoms with Crippen LogP contribution in [0.1, 0.15) is 51.0 Å². The van der Waals surface area contributed by atoms with Crippen LogP contribution in [0.4, 0.5) is 0 Å². The first-order valence-electron chi connectivity index (χ1n) is 10.7. The molecular weight excluding hydrogens is 384 g/mol. The lowest BCUT2D eigenvalue weighted by Gasteiger charge is -2.32. The largest absolute Gasteiger partial charge is 0.494 e. The van der Waals surface area contributed by atoms with Gasteiger partial charge in [0.05, 0.1) is 12.7 Å². The average molecular weight is 417 g/mol. The number of ether oxygens (including phenoxy) is 2. The van der Waals surface area contributed by atoms with Crippen molar-refractivity contribution in [3.8, 4) is 5.75 Å². The lowest BCUT2D eigenvalue weighted by atomic mass is 9.87. The van der Waals surface area contributed by atoms with Crippen LogP contribution >= 0.6 is 0 Å². The summed E-state index contributed by atoms with van der Waals surface area (Å²) in [6, 6.07) is 7.40. The van der Waals surface area contributed by atoms with Crippen LogP contribution in [-0.2, 0) is 9.53 Å². The minimum atomic E-state index is -1.05. The molecule has 0 aromatic heterocycles. The zero-order chi connectivity index (χ0) is 21.6. The second kappa shape index (κ2) is 10.1. The molecule has 1 fully saturated rings. The predicted octanol–water partition coefficient (Wildman–Crippen LogP) is 2.35. The van der Waals surface area contributed by atoms with Crippen molar-refractivity contribution in [1.29, 1.82) is 0 Å². The van der Waals surface area contributed by atoms with Crippen molar-refractivity contribution in [1.82, 2.24) is 5.32 Å². The number of aliphatic hydroxyl groups excluding tert-OH is 2. The number of rotatable bonds is 9. The molecule has 3 rings (SSSR count). The number of nitrogens with zero attached hydrogens (tertiary/aromatic N) is 1. The van der Waals surface area contributed by atoms with Gasteiger partial charge in [-0.2, -0.15) is 0 Å². The molecule has 1 saturated carbocycles. The van der Waals surface area contributed by atoms with Crippen LogP contribution in [0.2, 0.25) is 0 Å². The highest BCUT2D eigenvalue weighted by Crippen LogP contribution is 2.33. The average Bonchev–Trinajstić information content (AvgIpc) is 3.08. The molecule has 1 aliphatic carbocycles. The number of hydrogen-bond donors (Lipinski definition) is 3. The van der Waals surface area contributed by atoms with Gasteiger partial charge in [-0.3, -0.25) is 4.79 Å². The first-order valence-corrected chi connectivity index (χ1v) is 10.7. The zero-order valence-electron chi connectivity index (χ0n) is 17.5. The maximum Gasteiger partial charge on any atom is 0.252 e. The number of carbonyl (C=O) groups excluding carboxylic acids is 1. The molecule has 2 aliphatic rings. The molecule has 1 amide bonds. The Morgan fingerprint density at radius 2 is 2.03 bits per heavy atom. The molecule has 7 heteroatoms. The maximum absolute atomic E-state index is 13.2. The molecule has 0 spiro atoms. The van der Waals surface area contributed by atoms with Crippen molar-refractivity contribution < 1.29 is 24.5 Å². The number of amides is 1. The quantitative estimate of drug-likeness (QED) is 0.424. The van der Waals surface area contributed by atoms with Gasteiger partial charge in [0, 0.05) is 31.1 Å². The van der Waals surface area contributed by atoms with Gasteiger partial charge in [0.15, 0.2) is 5.54 Å². The van der Waals surface area contributed by atoms with E-state index in [2.05, 4.69) is 11.9 Å². The molecule has 0 radical (unpaired) electrons. The van der Waals surface area contributed by atoms with Gasteiger partial charge in [0.1, 0.15) is 11.9 Å². The van der Waals surface area contributed by atoms with Gasteiger partial charge >= 0.3 is 0 Å². The van der Waals surface area contributed by atoms with Crippen LogP contribution in [0.25, 0.3) is 0 Å². The smallest absolute Gasteiger partial charge is 0.252 e. The molecule has 164 valence electrons. The summed E-state index contributed by atoms with van der Waals surface area (Å²) in [7, 11) is 0. The lowest BCUT2D eigenvalue weighted by Crippen LogP contribution is -2.54. The second-order valence-corrected chi connectivity index (χ2v) is 8.02. The minimum absolute atomic E-state index is 0.0457. The molecule has 30 heavy (non-hydrogen) atoms. The van der Waals surface area contributed by atoms with E-state index in [4.69, 9.17) is 19.6 Å². The summed E-state index contributed by atoms with van der Waals surface area (Å²) in [5.41, 5.74) is -0.278. The molecule has 2 atom stereocenters. The molecule has 1 aliphatic heterocycles. The highest BCUT2D eigenvalue weighted by atomic mass is 16.5. The van der Waals surface area contributed by atoms with Crippen molar-refractivity contribution in [2.45, 2.75) is 69.2 Å². The van der Waals surface area contributed by atoms with E-state index >= 15 is 0 Å². The highest BCUT2D eigenvalue weighted by molar-refractivity contribution is 6.00. The summed E-state index contributed by atoms with van der Waals surface area (Å²) in [5.74, 6) is 0.976. The van der Waals surface area contributed by atoms with Crippen LogP contribution in [0.3, 0.4) is 0 Å². The zero-order valence-corrected chi connectivity index (χ0v) is 17.5. The van der Waals surface area contributed by atoms with E-state index in [1.165, 1.54) is 0 Å². The van der Waals surface area contributed by atoms with Crippen molar-refractivity contribution in [3.63, 3.8) is 0 Å². The normalized spacial score (nSPS) is 28.4. The van der Waals surface area contributed by atoms with E-state index in [9.17, 15) is 9.90 Å². The SMILES string of the molecule is C=CC[C@@]1(C(=O)NC2CCC(O)CC2)N=C(c2ccc(OCCCO)cc2)O[C@@H]1C. The molecule has 0 saturated heterocycles. The van der Waals surface area contributed by atoms with Crippen LogP contribution < -0.4 is 10.1 Å². The monoisotopic (exact) mass is 416 g/mol. The fraction of sp³-hybridized carbons (Fsp3) is 0.565. The third-order valence-electron chi connectivity index (χ3n) is 5.82. The van der Waals surface area contributed by atoms with E-state index in [0.717, 1.165) is 18.4 Å². The van der Waals surface area contributed by atoms with Crippen LogP contribution in [-0.4, -0.2) is 59.0 Å².